The Balaban J connectivity index is 2.07. The summed E-state index contributed by atoms with van der Waals surface area (Å²) in [5.74, 6) is -0.222. The minimum absolute atomic E-state index is 0.114. The number of hydrogen-bond donors (Lipinski definition) is 0. The molecule has 6 nitrogen and oxygen atoms in total. The second kappa shape index (κ2) is 4.26. The molecule has 0 bridgehead atoms. The first-order valence-corrected chi connectivity index (χ1v) is 6.24. The van der Waals surface area contributed by atoms with Gasteiger partial charge in [-0.05, 0) is 38.0 Å². The molecule has 2 aromatic rings. The zero-order chi connectivity index (χ0) is 14.4. The maximum absolute atomic E-state index is 12.1. The van der Waals surface area contributed by atoms with Crippen molar-refractivity contribution in [1.29, 1.82) is 0 Å². The zero-order valence-corrected chi connectivity index (χ0v) is 11.4. The van der Waals surface area contributed by atoms with Gasteiger partial charge in [0, 0.05) is 0 Å². The average Bonchev–Trinajstić information content (AvgIpc) is 2.92. The van der Waals surface area contributed by atoms with Gasteiger partial charge < -0.3 is 4.52 Å². The van der Waals surface area contributed by atoms with Crippen LogP contribution in [-0.4, -0.2) is 21.8 Å². The lowest BCUT2D eigenvalue weighted by atomic mass is 10.0. The number of anilines is 1. The van der Waals surface area contributed by atoms with E-state index >= 15 is 0 Å². The summed E-state index contributed by atoms with van der Waals surface area (Å²) in [7, 11) is 0. The molecule has 1 aromatic carbocycles. The van der Waals surface area contributed by atoms with Crippen LogP contribution in [0.5, 0.6) is 0 Å². The molecule has 1 aliphatic heterocycles. The molecule has 1 amide bonds. The molecule has 20 heavy (non-hydrogen) atoms. The van der Waals surface area contributed by atoms with Gasteiger partial charge in [-0.1, -0.05) is 11.2 Å². The molecule has 0 N–H and O–H groups in total. The number of carbonyl (C=O) groups excluding carboxylic acids is 2. The molecule has 0 spiro atoms. The monoisotopic (exact) mass is 271 g/mol. The van der Waals surface area contributed by atoms with E-state index in [9.17, 15) is 9.59 Å². The number of ketones is 1. The Morgan fingerprint density at radius 2 is 1.95 bits per heavy atom. The van der Waals surface area contributed by atoms with E-state index < -0.39 is 11.7 Å². The summed E-state index contributed by atoms with van der Waals surface area (Å²) in [5.41, 5.74) is 3.03. The fourth-order valence-corrected chi connectivity index (χ4v) is 2.36. The standard InChI is InChI=1S/C14H13N3O3/c1-7-4-5-10-12(8(7)2)17(14(19)13(10)18)6-11-15-9(3)16-20-11/h4-5H,6H2,1-3H3. The first-order valence-electron chi connectivity index (χ1n) is 6.24. The third-order valence-corrected chi connectivity index (χ3v) is 3.52. The Labute approximate surface area is 115 Å². The van der Waals surface area contributed by atoms with E-state index in [2.05, 4.69) is 10.1 Å². The van der Waals surface area contributed by atoms with Crippen LogP contribution in [0.15, 0.2) is 16.7 Å². The maximum Gasteiger partial charge on any atom is 0.299 e. The highest BCUT2D eigenvalue weighted by Gasteiger charge is 2.38. The molecule has 0 aliphatic carbocycles. The van der Waals surface area contributed by atoms with Crippen LogP contribution in [0, 0.1) is 20.8 Å². The van der Waals surface area contributed by atoms with Crippen LogP contribution in [0.2, 0.25) is 0 Å². The molecule has 3 rings (SSSR count). The Morgan fingerprint density at radius 3 is 2.60 bits per heavy atom. The van der Waals surface area contributed by atoms with Crippen LogP contribution in [0.4, 0.5) is 5.69 Å². The predicted octanol–water partition coefficient (Wildman–Crippen LogP) is 1.72. The third kappa shape index (κ3) is 1.72. The van der Waals surface area contributed by atoms with Crippen LogP contribution in [-0.2, 0) is 11.3 Å². The van der Waals surface area contributed by atoms with Gasteiger partial charge in [0.25, 0.3) is 11.7 Å². The summed E-state index contributed by atoms with van der Waals surface area (Å²) in [4.78, 5) is 29.6. The lowest BCUT2D eigenvalue weighted by Gasteiger charge is -2.17. The average molecular weight is 271 g/mol. The number of amides is 1. The molecule has 1 aliphatic rings. The quantitative estimate of drug-likeness (QED) is 0.777. The summed E-state index contributed by atoms with van der Waals surface area (Å²) in [5, 5.41) is 3.69. The minimum Gasteiger partial charge on any atom is -0.337 e. The van der Waals surface area contributed by atoms with Crippen molar-refractivity contribution in [3.8, 4) is 0 Å². The van der Waals surface area contributed by atoms with Gasteiger partial charge in [0.05, 0.1) is 11.3 Å². The van der Waals surface area contributed by atoms with Gasteiger partial charge in [0.15, 0.2) is 5.82 Å². The molecule has 0 saturated carbocycles. The molecule has 0 atom stereocenters. The van der Waals surface area contributed by atoms with Crippen molar-refractivity contribution in [1.82, 2.24) is 10.1 Å². The Bertz CT molecular complexity index is 733. The summed E-state index contributed by atoms with van der Waals surface area (Å²) in [6, 6.07) is 3.54. The van der Waals surface area contributed by atoms with Gasteiger partial charge in [-0.25, -0.2) is 0 Å². The Morgan fingerprint density at radius 1 is 1.20 bits per heavy atom. The first-order chi connectivity index (χ1) is 9.49. The van der Waals surface area contributed by atoms with Crippen LogP contribution in [0.3, 0.4) is 0 Å². The van der Waals surface area contributed by atoms with Gasteiger partial charge in [0.2, 0.25) is 5.89 Å². The Kier molecular flexibility index (Phi) is 2.67. The Hall–Kier alpha value is -2.50. The van der Waals surface area contributed by atoms with E-state index in [1.807, 2.05) is 19.9 Å². The fraction of sp³-hybridized carbons (Fsp3) is 0.286. The summed E-state index contributed by atoms with van der Waals surface area (Å²) >= 11 is 0. The number of Topliss-reactive ketones (excluding diaryl/α,β-unsaturated/α-hetero) is 1. The number of hydrogen-bond acceptors (Lipinski definition) is 5. The van der Waals surface area contributed by atoms with E-state index in [1.165, 1.54) is 4.90 Å². The zero-order valence-electron chi connectivity index (χ0n) is 11.4. The van der Waals surface area contributed by atoms with E-state index in [1.54, 1.807) is 13.0 Å². The smallest absolute Gasteiger partial charge is 0.299 e. The van der Waals surface area contributed by atoms with Crippen molar-refractivity contribution < 1.29 is 14.1 Å². The van der Waals surface area contributed by atoms with E-state index in [-0.39, 0.29) is 6.54 Å². The lowest BCUT2D eigenvalue weighted by molar-refractivity contribution is -0.114. The fourth-order valence-electron chi connectivity index (χ4n) is 2.36. The molecule has 1 aromatic heterocycles. The van der Waals surface area contributed by atoms with Crippen molar-refractivity contribution in [2.24, 2.45) is 0 Å². The number of rotatable bonds is 2. The molecular formula is C14H13N3O3. The normalized spacial score (nSPS) is 14.1. The van der Waals surface area contributed by atoms with Crippen molar-refractivity contribution in [3.05, 3.63) is 40.5 Å². The van der Waals surface area contributed by atoms with Gasteiger partial charge in [0.1, 0.15) is 6.54 Å². The van der Waals surface area contributed by atoms with Gasteiger partial charge in [-0.2, -0.15) is 4.98 Å². The number of benzene rings is 1. The number of aromatic nitrogens is 2. The minimum atomic E-state index is -0.551. The third-order valence-electron chi connectivity index (χ3n) is 3.52. The molecule has 102 valence electrons. The lowest BCUT2D eigenvalue weighted by Crippen LogP contribution is -2.29. The highest BCUT2D eigenvalue weighted by molar-refractivity contribution is 6.52. The highest BCUT2D eigenvalue weighted by atomic mass is 16.5. The molecule has 0 saturated heterocycles. The van der Waals surface area contributed by atoms with E-state index in [0.29, 0.717) is 23.0 Å². The summed E-state index contributed by atoms with van der Waals surface area (Å²) in [6.07, 6.45) is 0. The number of aryl methyl sites for hydroxylation is 2. The summed E-state index contributed by atoms with van der Waals surface area (Å²) < 4.78 is 5.03. The van der Waals surface area contributed by atoms with Crippen LogP contribution >= 0.6 is 0 Å². The second-order valence-corrected chi connectivity index (χ2v) is 4.86. The second-order valence-electron chi connectivity index (χ2n) is 4.86. The number of fused-ring (bicyclic) bond motifs is 1. The SMILES string of the molecule is Cc1noc(CN2C(=O)C(=O)c3ccc(C)c(C)c32)n1. The van der Waals surface area contributed by atoms with Crippen LogP contribution < -0.4 is 4.90 Å². The predicted molar refractivity (Wildman–Crippen MR) is 70.5 cm³/mol. The molecule has 0 radical (unpaired) electrons. The molecule has 2 heterocycles. The van der Waals surface area contributed by atoms with Gasteiger partial charge in [-0.15, -0.1) is 0 Å². The number of nitrogens with zero attached hydrogens (tertiary/aromatic N) is 3. The van der Waals surface area contributed by atoms with E-state index in [4.69, 9.17) is 4.52 Å². The van der Waals surface area contributed by atoms with Gasteiger partial charge in [-0.3, -0.25) is 14.5 Å². The molecule has 6 heteroatoms. The number of carbonyl (C=O) groups is 2. The molecule has 0 unspecified atom stereocenters. The van der Waals surface area contributed by atoms with Crippen molar-refractivity contribution in [2.45, 2.75) is 27.3 Å². The van der Waals surface area contributed by atoms with Crippen molar-refractivity contribution in [2.75, 3.05) is 4.90 Å². The molecule has 0 fully saturated rings. The largest absolute Gasteiger partial charge is 0.337 e. The van der Waals surface area contributed by atoms with Crippen LogP contribution in [0.25, 0.3) is 0 Å². The summed E-state index contributed by atoms with van der Waals surface area (Å²) in [6.45, 7) is 5.65. The van der Waals surface area contributed by atoms with Crippen molar-refractivity contribution in [3.63, 3.8) is 0 Å². The first kappa shape index (κ1) is 12.5. The van der Waals surface area contributed by atoms with E-state index in [0.717, 1.165) is 11.1 Å². The van der Waals surface area contributed by atoms with Crippen LogP contribution in [0.1, 0.15) is 33.2 Å². The maximum atomic E-state index is 12.1. The highest BCUT2D eigenvalue weighted by Crippen LogP contribution is 2.34. The van der Waals surface area contributed by atoms with Crippen molar-refractivity contribution >= 4 is 17.4 Å². The van der Waals surface area contributed by atoms with Gasteiger partial charge >= 0.3 is 0 Å². The topological polar surface area (TPSA) is 76.3 Å². The molecular weight excluding hydrogens is 258 g/mol.